The van der Waals surface area contributed by atoms with Crippen molar-refractivity contribution in [3.63, 3.8) is 0 Å². The van der Waals surface area contributed by atoms with Crippen molar-refractivity contribution in [3.05, 3.63) is 34.9 Å². The third-order valence-corrected chi connectivity index (χ3v) is 2.38. The molecule has 0 atom stereocenters. The second-order valence-electron chi connectivity index (χ2n) is 3.08. The molecule has 1 heteroatoms. The van der Waals surface area contributed by atoms with E-state index in [2.05, 4.69) is 25.1 Å². The Morgan fingerprint density at radius 2 is 2.17 bits per heavy atom. The Morgan fingerprint density at radius 1 is 1.33 bits per heavy atom. The maximum atomic E-state index is 5.26. The average molecular weight is 160 g/mol. The lowest BCUT2D eigenvalue weighted by atomic mass is 10.0. The third-order valence-electron chi connectivity index (χ3n) is 2.38. The predicted molar refractivity (Wildman–Crippen MR) is 50.5 cm³/mol. The quantitative estimate of drug-likeness (QED) is 0.613. The molecule has 0 heterocycles. The molecule has 0 fully saturated rings. The van der Waals surface area contributed by atoms with Crippen molar-refractivity contribution in [2.75, 3.05) is 7.11 Å². The highest BCUT2D eigenvalue weighted by atomic mass is 16.5. The van der Waals surface area contributed by atoms with Crippen LogP contribution in [-0.2, 0) is 6.42 Å². The second kappa shape index (κ2) is 2.67. The minimum atomic E-state index is 0.990. The minimum absolute atomic E-state index is 0.990. The number of benzene rings is 1. The van der Waals surface area contributed by atoms with E-state index in [4.69, 9.17) is 4.74 Å². The molecule has 0 unspecified atom stereocenters. The first-order chi connectivity index (χ1) is 5.83. The Labute approximate surface area is 72.7 Å². The molecule has 0 aromatic heterocycles. The molecule has 0 bridgehead atoms. The smallest absolute Gasteiger partial charge is 0.126 e. The van der Waals surface area contributed by atoms with Gasteiger partial charge >= 0.3 is 0 Å². The summed E-state index contributed by atoms with van der Waals surface area (Å²) in [4.78, 5) is 0. The summed E-state index contributed by atoms with van der Waals surface area (Å²) in [6.45, 7) is 2.14. The van der Waals surface area contributed by atoms with Crippen molar-refractivity contribution in [2.24, 2.45) is 0 Å². The molecule has 62 valence electrons. The summed E-state index contributed by atoms with van der Waals surface area (Å²) in [6.07, 6.45) is 5.37. The molecule has 0 saturated heterocycles. The summed E-state index contributed by atoms with van der Waals surface area (Å²) < 4.78 is 5.26. The molecule has 0 saturated carbocycles. The topological polar surface area (TPSA) is 9.23 Å². The minimum Gasteiger partial charge on any atom is -0.496 e. The molecule has 0 amide bonds. The van der Waals surface area contributed by atoms with Crippen LogP contribution in [0.1, 0.15) is 16.7 Å². The van der Waals surface area contributed by atoms with Crippen molar-refractivity contribution in [3.8, 4) is 5.75 Å². The number of aryl methyl sites for hydroxylation is 1. The van der Waals surface area contributed by atoms with E-state index in [1.165, 1.54) is 16.7 Å². The van der Waals surface area contributed by atoms with Crippen LogP contribution in [0, 0.1) is 6.92 Å². The summed E-state index contributed by atoms with van der Waals surface area (Å²) in [5.74, 6) is 0.990. The molecular formula is C11H12O. The van der Waals surface area contributed by atoms with Gasteiger partial charge in [0.25, 0.3) is 0 Å². The van der Waals surface area contributed by atoms with Gasteiger partial charge in [-0.25, -0.2) is 0 Å². The van der Waals surface area contributed by atoms with E-state index in [1.54, 1.807) is 7.11 Å². The molecule has 0 N–H and O–H groups in total. The molecule has 1 nitrogen and oxygen atoms in total. The van der Waals surface area contributed by atoms with Crippen molar-refractivity contribution in [1.82, 2.24) is 0 Å². The Hall–Kier alpha value is -1.24. The Balaban J connectivity index is 2.62. The Kier molecular flexibility index (Phi) is 1.65. The van der Waals surface area contributed by atoms with Gasteiger partial charge in [-0.2, -0.15) is 0 Å². The molecule has 1 aromatic carbocycles. The molecule has 1 aliphatic carbocycles. The molecule has 0 aliphatic heterocycles. The molecule has 12 heavy (non-hydrogen) atoms. The van der Waals surface area contributed by atoms with Gasteiger partial charge in [0.15, 0.2) is 0 Å². The fraction of sp³-hybridized carbons (Fsp3) is 0.273. The normalized spacial score (nSPS) is 13.2. The summed E-state index contributed by atoms with van der Waals surface area (Å²) in [5, 5.41) is 0. The van der Waals surface area contributed by atoms with Crippen molar-refractivity contribution < 1.29 is 4.74 Å². The highest BCUT2D eigenvalue weighted by molar-refractivity contribution is 5.67. The zero-order valence-corrected chi connectivity index (χ0v) is 7.42. The molecule has 1 aromatic rings. The average Bonchev–Trinajstić information content (AvgIpc) is 2.54. The Morgan fingerprint density at radius 3 is 2.92 bits per heavy atom. The Bertz CT molecular complexity index is 337. The number of methoxy groups -OCH3 is 1. The lowest BCUT2D eigenvalue weighted by Gasteiger charge is -2.08. The summed E-state index contributed by atoms with van der Waals surface area (Å²) in [5.41, 5.74) is 4.03. The monoisotopic (exact) mass is 160 g/mol. The van der Waals surface area contributed by atoms with Crippen LogP contribution in [0.3, 0.4) is 0 Å². The van der Waals surface area contributed by atoms with Crippen molar-refractivity contribution in [1.29, 1.82) is 0 Å². The van der Waals surface area contributed by atoms with Gasteiger partial charge in [0.1, 0.15) is 5.75 Å². The second-order valence-corrected chi connectivity index (χ2v) is 3.08. The first kappa shape index (κ1) is 7.41. The number of ether oxygens (including phenoxy) is 1. The molecule has 1 aliphatic rings. The first-order valence-electron chi connectivity index (χ1n) is 4.16. The fourth-order valence-corrected chi connectivity index (χ4v) is 1.68. The van der Waals surface area contributed by atoms with Crippen molar-refractivity contribution >= 4 is 6.08 Å². The van der Waals surface area contributed by atoms with Crippen molar-refractivity contribution in [2.45, 2.75) is 13.3 Å². The number of hydrogen-bond acceptors (Lipinski definition) is 1. The molecular weight excluding hydrogens is 148 g/mol. The molecule has 0 spiro atoms. The highest BCUT2D eigenvalue weighted by Gasteiger charge is 2.11. The summed E-state index contributed by atoms with van der Waals surface area (Å²) >= 11 is 0. The SMILES string of the molecule is COc1ccc(C)c2c1C=CC2. The summed E-state index contributed by atoms with van der Waals surface area (Å²) in [6, 6.07) is 4.15. The van der Waals surface area contributed by atoms with E-state index < -0.39 is 0 Å². The lowest BCUT2D eigenvalue weighted by molar-refractivity contribution is 0.413. The standard InChI is InChI=1S/C11H12O/c1-8-6-7-11(12-2)10-5-3-4-9(8)10/h3,5-7H,4H2,1-2H3. The number of hydrogen-bond donors (Lipinski definition) is 0. The zero-order chi connectivity index (χ0) is 8.55. The van der Waals surface area contributed by atoms with Crippen LogP contribution >= 0.6 is 0 Å². The van der Waals surface area contributed by atoms with Crippen LogP contribution in [0.5, 0.6) is 5.75 Å². The van der Waals surface area contributed by atoms with Gasteiger partial charge in [0, 0.05) is 5.56 Å². The fourth-order valence-electron chi connectivity index (χ4n) is 1.68. The van der Waals surface area contributed by atoms with E-state index in [-0.39, 0.29) is 0 Å². The molecule has 0 radical (unpaired) electrons. The van der Waals surface area contributed by atoms with Gasteiger partial charge in [-0.1, -0.05) is 18.2 Å². The van der Waals surface area contributed by atoms with Gasteiger partial charge in [-0.05, 0) is 30.5 Å². The van der Waals surface area contributed by atoms with Crippen LogP contribution in [0.2, 0.25) is 0 Å². The van der Waals surface area contributed by atoms with Crippen LogP contribution in [0.25, 0.3) is 6.08 Å². The van der Waals surface area contributed by atoms with Gasteiger partial charge in [0.05, 0.1) is 7.11 Å². The van der Waals surface area contributed by atoms with Crippen LogP contribution in [0.15, 0.2) is 18.2 Å². The van der Waals surface area contributed by atoms with Gasteiger partial charge in [-0.15, -0.1) is 0 Å². The van der Waals surface area contributed by atoms with Crippen LogP contribution in [0.4, 0.5) is 0 Å². The lowest BCUT2D eigenvalue weighted by Crippen LogP contribution is -1.92. The van der Waals surface area contributed by atoms with E-state index in [0.717, 1.165) is 12.2 Å². The largest absolute Gasteiger partial charge is 0.496 e. The number of allylic oxidation sites excluding steroid dienone is 1. The number of rotatable bonds is 1. The van der Waals surface area contributed by atoms with E-state index in [0.29, 0.717) is 0 Å². The highest BCUT2D eigenvalue weighted by Crippen LogP contribution is 2.31. The van der Waals surface area contributed by atoms with E-state index >= 15 is 0 Å². The van der Waals surface area contributed by atoms with Gasteiger partial charge in [-0.3, -0.25) is 0 Å². The maximum absolute atomic E-state index is 5.26. The maximum Gasteiger partial charge on any atom is 0.126 e. The van der Waals surface area contributed by atoms with E-state index in [9.17, 15) is 0 Å². The van der Waals surface area contributed by atoms with E-state index in [1.807, 2.05) is 6.07 Å². The van der Waals surface area contributed by atoms with Gasteiger partial charge in [0.2, 0.25) is 0 Å². The molecule has 2 rings (SSSR count). The summed E-state index contributed by atoms with van der Waals surface area (Å²) in [7, 11) is 1.72. The van der Waals surface area contributed by atoms with Crippen LogP contribution < -0.4 is 4.74 Å². The first-order valence-corrected chi connectivity index (χ1v) is 4.16. The van der Waals surface area contributed by atoms with Crippen LogP contribution in [-0.4, -0.2) is 7.11 Å². The third kappa shape index (κ3) is 0.934. The predicted octanol–water partition coefficient (Wildman–Crippen LogP) is 2.57. The van der Waals surface area contributed by atoms with Gasteiger partial charge < -0.3 is 4.74 Å². The zero-order valence-electron chi connectivity index (χ0n) is 7.42. The number of fused-ring (bicyclic) bond motifs is 1.